The molecule has 0 spiro atoms. The molecule has 2 N–H and O–H groups in total. The van der Waals surface area contributed by atoms with Crippen LogP contribution in [0.2, 0.25) is 0 Å². The smallest absolute Gasteiger partial charge is 0.305 e. The second-order valence-electron chi connectivity index (χ2n) is 5.78. The highest BCUT2D eigenvalue weighted by molar-refractivity contribution is 5.98. The molecule has 1 heterocycles. The van der Waals surface area contributed by atoms with E-state index in [-0.39, 0.29) is 5.76 Å². The molecule has 7 heteroatoms. The highest BCUT2D eigenvalue weighted by Crippen LogP contribution is 2.28. The Hall–Kier alpha value is -2.96. The lowest BCUT2D eigenvalue weighted by molar-refractivity contribution is 0.0830. The molecule has 0 aliphatic carbocycles. The van der Waals surface area contributed by atoms with Gasteiger partial charge < -0.3 is 13.9 Å². The van der Waals surface area contributed by atoms with Crippen LogP contribution in [0.1, 0.15) is 41.2 Å². The van der Waals surface area contributed by atoms with Gasteiger partial charge in [-0.3, -0.25) is 20.4 Å². The van der Waals surface area contributed by atoms with Crippen molar-refractivity contribution in [2.45, 2.75) is 20.3 Å². The van der Waals surface area contributed by atoms with Crippen molar-refractivity contribution in [2.75, 3.05) is 13.7 Å². The van der Waals surface area contributed by atoms with Crippen LogP contribution in [-0.4, -0.2) is 25.5 Å². The predicted octanol–water partition coefficient (Wildman–Crippen LogP) is 2.79. The number of ether oxygens (including phenoxy) is 2. The Morgan fingerprint density at radius 2 is 1.88 bits per heavy atom. The minimum Gasteiger partial charge on any atom is -0.493 e. The Morgan fingerprint density at radius 3 is 2.52 bits per heavy atom. The summed E-state index contributed by atoms with van der Waals surface area (Å²) in [7, 11) is 1.50. The fourth-order valence-corrected chi connectivity index (χ4v) is 1.99. The van der Waals surface area contributed by atoms with Crippen LogP contribution in [-0.2, 0) is 0 Å². The van der Waals surface area contributed by atoms with Crippen molar-refractivity contribution in [3.63, 3.8) is 0 Å². The second kappa shape index (κ2) is 8.77. The fraction of sp³-hybridized carbons (Fsp3) is 0.333. The Labute approximate surface area is 146 Å². The third-order valence-electron chi connectivity index (χ3n) is 3.41. The van der Waals surface area contributed by atoms with E-state index in [1.807, 2.05) is 0 Å². The maximum absolute atomic E-state index is 12.1. The number of hydrogen-bond acceptors (Lipinski definition) is 5. The van der Waals surface area contributed by atoms with E-state index >= 15 is 0 Å². The third-order valence-corrected chi connectivity index (χ3v) is 3.41. The van der Waals surface area contributed by atoms with Gasteiger partial charge in [-0.25, -0.2) is 0 Å². The average Bonchev–Trinajstić information content (AvgIpc) is 3.14. The predicted molar refractivity (Wildman–Crippen MR) is 91.6 cm³/mol. The molecule has 7 nitrogen and oxygen atoms in total. The molecule has 0 radical (unpaired) electrons. The SMILES string of the molecule is COc1cc(C(=O)NNC(=O)c2ccco2)ccc1OCCC(C)C. The molecule has 0 saturated heterocycles. The molecule has 2 rings (SSSR count). The quantitative estimate of drug-likeness (QED) is 0.753. The molecule has 25 heavy (non-hydrogen) atoms. The van der Waals surface area contributed by atoms with E-state index < -0.39 is 11.8 Å². The van der Waals surface area contributed by atoms with Gasteiger partial charge in [0.15, 0.2) is 17.3 Å². The van der Waals surface area contributed by atoms with Gasteiger partial charge in [0.1, 0.15) is 0 Å². The summed E-state index contributed by atoms with van der Waals surface area (Å²) in [5.41, 5.74) is 4.93. The van der Waals surface area contributed by atoms with E-state index in [0.717, 1.165) is 6.42 Å². The molecule has 0 fully saturated rings. The van der Waals surface area contributed by atoms with Gasteiger partial charge in [-0.05, 0) is 42.7 Å². The molecule has 2 amide bonds. The molecule has 0 aliphatic rings. The van der Waals surface area contributed by atoms with Crippen LogP contribution in [0, 0.1) is 5.92 Å². The maximum atomic E-state index is 12.1. The van der Waals surface area contributed by atoms with Crippen LogP contribution in [0.4, 0.5) is 0 Å². The number of benzene rings is 1. The molecule has 1 aromatic heterocycles. The summed E-state index contributed by atoms with van der Waals surface area (Å²) in [5.74, 6) is 0.638. The number of furan rings is 1. The first-order chi connectivity index (χ1) is 12.0. The van der Waals surface area contributed by atoms with Crippen LogP contribution in [0.5, 0.6) is 11.5 Å². The summed E-state index contributed by atoms with van der Waals surface area (Å²) in [4.78, 5) is 23.9. The lowest BCUT2D eigenvalue weighted by atomic mass is 10.1. The fourth-order valence-electron chi connectivity index (χ4n) is 1.99. The summed E-state index contributed by atoms with van der Waals surface area (Å²) in [5, 5.41) is 0. The van der Waals surface area contributed by atoms with E-state index in [1.54, 1.807) is 24.3 Å². The second-order valence-corrected chi connectivity index (χ2v) is 5.78. The molecule has 134 valence electrons. The van der Waals surface area contributed by atoms with Gasteiger partial charge in [-0.1, -0.05) is 13.8 Å². The van der Waals surface area contributed by atoms with Crippen molar-refractivity contribution >= 4 is 11.8 Å². The van der Waals surface area contributed by atoms with Crippen molar-refractivity contribution in [3.8, 4) is 11.5 Å². The number of rotatable bonds is 7. The first-order valence-corrected chi connectivity index (χ1v) is 7.96. The third kappa shape index (κ3) is 5.27. The molecule has 1 aromatic carbocycles. The first kappa shape index (κ1) is 18.4. The lowest BCUT2D eigenvalue weighted by Crippen LogP contribution is -2.41. The Bertz CT molecular complexity index is 710. The zero-order valence-electron chi connectivity index (χ0n) is 14.5. The number of carbonyl (C=O) groups is 2. The molecule has 0 atom stereocenters. The summed E-state index contributed by atoms with van der Waals surface area (Å²) < 4.78 is 15.9. The molecule has 2 aromatic rings. The highest BCUT2D eigenvalue weighted by Gasteiger charge is 2.14. The topological polar surface area (TPSA) is 89.8 Å². The number of carbonyl (C=O) groups excluding carboxylic acids is 2. The molecular weight excluding hydrogens is 324 g/mol. The monoisotopic (exact) mass is 346 g/mol. The van der Waals surface area contributed by atoms with E-state index in [2.05, 4.69) is 24.7 Å². The first-order valence-electron chi connectivity index (χ1n) is 7.96. The van der Waals surface area contributed by atoms with Crippen molar-refractivity contribution in [1.82, 2.24) is 10.9 Å². The number of nitrogens with one attached hydrogen (secondary N) is 2. The van der Waals surface area contributed by atoms with Crippen molar-refractivity contribution < 1.29 is 23.5 Å². The van der Waals surface area contributed by atoms with Crippen LogP contribution < -0.4 is 20.3 Å². The van der Waals surface area contributed by atoms with Gasteiger partial charge in [0.05, 0.1) is 20.0 Å². The summed E-state index contributed by atoms with van der Waals surface area (Å²) in [6.07, 6.45) is 2.30. The van der Waals surface area contributed by atoms with E-state index in [0.29, 0.717) is 29.6 Å². The number of hydrazine groups is 1. The Balaban J connectivity index is 1.96. The lowest BCUT2D eigenvalue weighted by Gasteiger charge is -2.13. The molecule has 0 unspecified atom stereocenters. The molecule has 0 saturated carbocycles. The van der Waals surface area contributed by atoms with Crippen LogP contribution in [0.25, 0.3) is 0 Å². The van der Waals surface area contributed by atoms with E-state index in [1.165, 1.54) is 19.4 Å². The highest BCUT2D eigenvalue weighted by atomic mass is 16.5. The minimum atomic E-state index is -0.543. The van der Waals surface area contributed by atoms with Gasteiger partial charge >= 0.3 is 5.91 Å². The van der Waals surface area contributed by atoms with E-state index in [9.17, 15) is 9.59 Å². The minimum absolute atomic E-state index is 0.104. The van der Waals surface area contributed by atoms with Crippen molar-refractivity contribution in [2.24, 2.45) is 5.92 Å². The van der Waals surface area contributed by atoms with Gasteiger partial charge in [0.2, 0.25) is 0 Å². The van der Waals surface area contributed by atoms with Crippen LogP contribution in [0.15, 0.2) is 41.0 Å². The Morgan fingerprint density at radius 1 is 1.12 bits per heavy atom. The molecular formula is C18H22N2O5. The van der Waals surface area contributed by atoms with Crippen molar-refractivity contribution in [3.05, 3.63) is 47.9 Å². The number of hydrogen-bond donors (Lipinski definition) is 2. The van der Waals surface area contributed by atoms with Gasteiger partial charge in [0, 0.05) is 5.56 Å². The zero-order chi connectivity index (χ0) is 18.2. The van der Waals surface area contributed by atoms with Gasteiger partial charge in [0.25, 0.3) is 5.91 Å². The summed E-state index contributed by atoms with van der Waals surface area (Å²) in [6.45, 7) is 4.80. The maximum Gasteiger partial charge on any atom is 0.305 e. The summed E-state index contributed by atoms with van der Waals surface area (Å²) in [6, 6.07) is 7.90. The largest absolute Gasteiger partial charge is 0.493 e. The number of methoxy groups -OCH3 is 1. The normalized spacial score (nSPS) is 10.4. The van der Waals surface area contributed by atoms with E-state index in [4.69, 9.17) is 13.9 Å². The zero-order valence-corrected chi connectivity index (χ0v) is 14.5. The Kier molecular flexibility index (Phi) is 6.45. The van der Waals surface area contributed by atoms with Crippen LogP contribution >= 0.6 is 0 Å². The average molecular weight is 346 g/mol. The van der Waals surface area contributed by atoms with Crippen molar-refractivity contribution in [1.29, 1.82) is 0 Å². The van der Waals surface area contributed by atoms with Gasteiger partial charge in [-0.2, -0.15) is 0 Å². The molecule has 0 aliphatic heterocycles. The number of amides is 2. The summed E-state index contributed by atoms with van der Waals surface area (Å²) >= 11 is 0. The van der Waals surface area contributed by atoms with Gasteiger partial charge in [-0.15, -0.1) is 0 Å². The standard InChI is InChI=1S/C18H22N2O5/c1-12(2)8-10-25-14-7-6-13(11-16(14)23-3)17(21)19-20-18(22)15-5-4-9-24-15/h4-7,9,11-12H,8,10H2,1-3H3,(H,19,21)(H,20,22). The molecule has 0 bridgehead atoms. The van der Waals surface area contributed by atoms with Crippen LogP contribution in [0.3, 0.4) is 0 Å².